The number of carbonyl (C=O) groups is 1. The lowest BCUT2D eigenvalue weighted by Crippen LogP contribution is -2.54. The number of piperidine rings is 1. The van der Waals surface area contributed by atoms with E-state index in [2.05, 4.69) is 21.1 Å². The maximum absolute atomic E-state index is 12.7. The van der Waals surface area contributed by atoms with Crippen LogP contribution in [0, 0.1) is 0 Å². The Morgan fingerprint density at radius 3 is 2.80 bits per heavy atom. The van der Waals surface area contributed by atoms with Gasteiger partial charge in [0.1, 0.15) is 5.54 Å². The van der Waals surface area contributed by atoms with E-state index in [-0.39, 0.29) is 5.91 Å². The molecule has 1 aromatic rings. The van der Waals surface area contributed by atoms with Crippen molar-refractivity contribution < 1.29 is 4.79 Å². The maximum Gasteiger partial charge on any atom is 0.247 e. The van der Waals surface area contributed by atoms with Crippen molar-refractivity contribution in [3.05, 3.63) is 53.0 Å². The minimum Gasteiger partial charge on any atom is -0.339 e. The van der Waals surface area contributed by atoms with E-state index >= 15 is 0 Å². The van der Waals surface area contributed by atoms with Crippen molar-refractivity contribution in [2.45, 2.75) is 29.5 Å². The molecule has 0 saturated carbocycles. The average molecular weight is 396 g/mol. The van der Waals surface area contributed by atoms with E-state index in [0.717, 1.165) is 36.0 Å². The molecule has 1 N–H and O–H groups in total. The first-order chi connectivity index (χ1) is 12.1. The van der Waals surface area contributed by atoms with Gasteiger partial charge < -0.3 is 10.2 Å². The molecule has 25 heavy (non-hydrogen) atoms. The Morgan fingerprint density at radius 1 is 1.44 bits per heavy atom. The van der Waals surface area contributed by atoms with Gasteiger partial charge >= 0.3 is 0 Å². The fourth-order valence-electron chi connectivity index (χ4n) is 3.37. The summed E-state index contributed by atoms with van der Waals surface area (Å²) < 4.78 is 4.32. The van der Waals surface area contributed by atoms with E-state index < -0.39 is 5.54 Å². The number of allylic oxidation sites excluding steroid dienone is 4. The molecule has 1 spiro atoms. The van der Waals surface area contributed by atoms with Crippen molar-refractivity contribution in [3.8, 4) is 0 Å². The minimum absolute atomic E-state index is 0.135. The Hall–Kier alpha value is -1.21. The summed E-state index contributed by atoms with van der Waals surface area (Å²) in [5.74, 6) is 0.135. The van der Waals surface area contributed by atoms with Crippen LogP contribution in [0.15, 0.2) is 52.9 Å². The molecule has 3 heterocycles. The second-order valence-corrected chi connectivity index (χ2v) is 9.14. The molecule has 2 aliphatic rings. The summed E-state index contributed by atoms with van der Waals surface area (Å²) in [6.07, 6.45) is 9.39. The zero-order chi connectivity index (χ0) is 17.9. The van der Waals surface area contributed by atoms with Crippen LogP contribution in [0.3, 0.4) is 0 Å². The Morgan fingerprint density at radius 2 is 2.20 bits per heavy atom. The molecule has 3 rings (SSSR count). The summed E-state index contributed by atoms with van der Waals surface area (Å²) >= 11 is 9.34. The molecule has 1 amide bonds. The lowest BCUT2D eigenvalue weighted by atomic mass is 9.86. The van der Waals surface area contributed by atoms with Gasteiger partial charge in [-0.05, 0) is 56.0 Å². The number of hydrogen-bond donors (Lipinski definition) is 1. The van der Waals surface area contributed by atoms with Crippen molar-refractivity contribution in [2.75, 3.05) is 19.8 Å². The van der Waals surface area contributed by atoms with Crippen LogP contribution in [0.4, 0.5) is 0 Å². The Labute approximate surface area is 162 Å². The molecule has 4 nitrogen and oxygen atoms in total. The molecule has 0 aliphatic carbocycles. The van der Waals surface area contributed by atoms with Crippen LogP contribution in [0.1, 0.15) is 19.8 Å². The van der Waals surface area contributed by atoms with Crippen LogP contribution in [-0.2, 0) is 4.79 Å². The molecule has 0 unspecified atom stereocenters. The number of halogens is 1. The van der Waals surface area contributed by atoms with Crippen molar-refractivity contribution >= 4 is 40.8 Å². The number of amides is 1. The van der Waals surface area contributed by atoms with Crippen molar-refractivity contribution in [1.29, 1.82) is 0 Å². The molecule has 2 aliphatic heterocycles. The van der Waals surface area contributed by atoms with Crippen LogP contribution < -0.4 is 5.32 Å². The molecule has 0 radical (unpaired) electrons. The normalized spacial score (nSPS) is 21.3. The largest absolute Gasteiger partial charge is 0.339 e. The van der Waals surface area contributed by atoms with Gasteiger partial charge in [-0.3, -0.25) is 4.79 Å². The lowest BCUT2D eigenvalue weighted by Gasteiger charge is -2.43. The molecule has 134 valence electrons. The van der Waals surface area contributed by atoms with Crippen LogP contribution in [0.5, 0.6) is 0 Å². The van der Waals surface area contributed by atoms with Crippen LogP contribution in [0.2, 0.25) is 4.34 Å². The van der Waals surface area contributed by atoms with Crippen molar-refractivity contribution in [3.63, 3.8) is 0 Å². The number of carbonyl (C=O) groups excluding carboxylic acids is 1. The topological polar surface area (TPSA) is 35.6 Å². The average Bonchev–Trinajstić information content (AvgIpc) is 3.14. The van der Waals surface area contributed by atoms with E-state index in [1.165, 1.54) is 4.21 Å². The number of rotatable bonds is 5. The summed E-state index contributed by atoms with van der Waals surface area (Å²) in [4.78, 5) is 14.9. The van der Waals surface area contributed by atoms with E-state index in [1.807, 2.05) is 37.3 Å². The second-order valence-electron chi connectivity index (χ2n) is 6.03. The van der Waals surface area contributed by atoms with E-state index in [1.54, 1.807) is 29.4 Å². The van der Waals surface area contributed by atoms with Gasteiger partial charge in [0.25, 0.3) is 0 Å². The summed E-state index contributed by atoms with van der Waals surface area (Å²) in [5, 5.41) is 3.03. The highest BCUT2D eigenvalue weighted by atomic mass is 35.5. The highest BCUT2D eigenvalue weighted by Crippen LogP contribution is 2.40. The van der Waals surface area contributed by atoms with Gasteiger partial charge in [-0.2, -0.15) is 0 Å². The standard InChI is InChI=1S/C18H22ClN3OS2/c1-3-5-14(6-4-2)22-13-20-17(23)18(22)9-11-21(12-10-18)25-16-8-7-15(19)24-16/h3-8H,1,9-13H2,2H3,(H,20,23)/b6-4-,14-5+. The van der Waals surface area contributed by atoms with Crippen molar-refractivity contribution in [1.82, 2.24) is 14.5 Å². The molecular weight excluding hydrogens is 374 g/mol. The Balaban J connectivity index is 1.73. The highest BCUT2D eigenvalue weighted by Gasteiger charge is 2.50. The predicted molar refractivity (Wildman–Crippen MR) is 107 cm³/mol. The van der Waals surface area contributed by atoms with Gasteiger partial charge in [-0.15, -0.1) is 11.3 Å². The third-order valence-electron chi connectivity index (χ3n) is 4.59. The SMILES string of the molecule is C=C/C=C(\C=C/C)N1CNC(=O)C12CCN(Sc1ccc(Cl)s1)CC2. The van der Waals surface area contributed by atoms with E-state index in [4.69, 9.17) is 11.6 Å². The number of hydrogen-bond acceptors (Lipinski definition) is 5. The molecule has 1 aromatic heterocycles. The maximum atomic E-state index is 12.7. The zero-order valence-corrected chi connectivity index (χ0v) is 16.6. The van der Waals surface area contributed by atoms with Crippen LogP contribution >= 0.6 is 34.9 Å². The molecule has 2 saturated heterocycles. The summed E-state index contributed by atoms with van der Waals surface area (Å²) in [6, 6.07) is 3.98. The number of nitrogens with zero attached hydrogens (tertiary/aromatic N) is 2. The molecule has 0 bridgehead atoms. The second kappa shape index (κ2) is 7.99. The molecule has 2 fully saturated rings. The smallest absolute Gasteiger partial charge is 0.247 e. The first-order valence-electron chi connectivity index (χ1n) is 8.28. The Kier molecular flexibility index (Phi) is 5.94. The zero-order valence-electron chi connectivity index (χ0n) is 14.2. The molecule has 7 heteroatoms. The number of thiophene rings is 1. The van der Waals surface area contributed by atoms with E-state index in [0.29, 0.717) is 6.67 Å². The highest BCUT2D eigenvalue weighted by molar-refractivity contribution is 7.99. The molecule has 0 atom stereocenters. The van der Waals surface area contributed by atoms with Gasteiger partial charge in [0.15, 0.2) is 0 Å². The van der Waals surface area contributed by atoms with Crippen LogP contribution in [0.25, 0.3) is 0 Å². The minimum atomic E-state index is -0.460. The van der Waals surface area contributed by atoms with Gasteiger partial charge in [-0.1, -0.05) is 30.3 Å². The third-order valence-corrected chi connectivity index (χ3v) is 7.03. The molecular formula is C18H22ClN3OS2. The van der Waals surface area contributed by atoms with Gasteiger partial charge in [0.05, 0.1) is 15.2 Å². The fraction of sp³-hybridized carbons (Fsp3) is 0.389. The summed E-state index contributed by atoms with van der Waals surface area (Å²) in [5.41, 5.74) is 0.570. The van der Waals surface area contributed by atoms with Crippen molar-refractivity contribution in [2.24, 2.45) is 0 Å². The third kappa shape index (κ3) is 3.82. The number of nitrogens with one attached hydrogen (secondary N) is 1. The van der Waals surface area contributed by atoms with Gasteiger partial charge in [0.2, 0.25) is 5.91 Å². The van der Waals surface area contributed by atoms with Crippen LogP contribution in [-0.4, -0.2) is 40.4 Å². The fourth-order valence-corrected chi connectivity index (χ4v) is 5.77. The van der Waals surface area contributed by atoms with Gasteiger partial charge in [0, 0.05) is 18.8 Å². The lowest BCUT2D eigenvalue weighted by molar-refractivity contribution is -0.127. The quantitative estimate of drug-likeness (QED) is 0.596. The molecule has 0 aromatic carbocycles. The predicted octanol–water partition coefficient (Wildman–Crippen LogP) is 4.28. The first kappa shape index (κ1) is 18.6. The van der Waals surface area contributed by atoms with E-state index in [9.17, 15) is 4.79 Å². The first-order valence-corrected chi connectivity index (χ1v) is 10.3. The van der Waals surface area contributed by atoms with Gasteiger partial charge in [-0.25, -0.2) is 4.31 Å². The summed E-state index contributed by atoms with van der Waals surface area (Å²) in [6.45, 7) is 8.07. The summed E-state index contributed by atoms with van der Waals surface area (Å²) in [7, 11) is 0. The monoisotopic (exact) mass is 395 g/mol. The Bertz CT molecular complexity index is 705.